The van der Waals surface area contributed by atoms with E-state index in [9.17, 15) is 23.5 Å². The number of nitrogens with one attached hydrogen (secondary N) is 1. The van der Waals surface area contributed by atoms with Crippen molar-refractivity contribution in [2.45, 2.75) is 6.04 Å². The van der Waals surface area contributed by atoms with E-state index in [0.29, 0.717) is 17.0 Å². The maximum Gasteiger partial charge on any atom is 0.300 e. The maximum absolute atomic E-state index is 14.7. The molecular formula is C24H15F2N3O3. The number of amides is 1. The summed E-state index contributed by atoms with van der Waals surface area (Å²) in [6.45, 7) is 0. The predicted molar refractivity (Wildman–Crippen MR) is 114 cm³/mol. The monoisotopic (exact) mass is 431 g/mol. The number of halogens is 2. The number of anilines is 1. The number of aliphatic hydroxyl groups excluding tert-OH is 1. The molecule has 158 valence electrons. The average Bonchev–Trinajstić information content (AvgIpc) is 3.34. The fourth-order valence-electron chi connectivity index (χ4n) is 3.99. The standard InChI is InChI=1S/C24H15F2N3O3/c25-13-8-9-19(16(26)11-13)29-21(18-7-3-4-10-27-18)20(23(31)24(29)32)22(30)15-12-28-17-6-2-1-5-14(15)17/h1-12,21,28,30H/b22-20-. The van der Waals surface area contributed by atoms with E-state index >= 15 is 0 Å². The summed E-state index contributed by atoms with van der Waals surface area (Å²) >= 11 is 0. The van der Waals surface area contributed by atoms with E-state index in [1.807, 2.05) is 6.07 Å². The first-order valence-electron chi connectivity index (χ1n) is 9.71. The summed E-state index contributed by atoms with van der Waals surface area (Å²) in [5.41, 5.74) is 0.766. The second-order valence-corrected chi connectivity index (χ2v) is 7.27. The number of nitrogens with zero attached hydrogens (tertiary/aromatic N) is 2. The molecule has 32 heavy (non-hydrogen) atoms. The molecule has 1 fully saturated rings. The number of para-hydroxylation sites is 1. The lowest BCUT2D eigenvalue weighted by atomic mass is 9.98. The number of ketones is 1. The quantitative estimate of drug-likeness (QED) is 0.285. The number of hydrogen-bond donors (Lipinski definition) is 2. The van der Waals surface area contributed by atoms with Gasteiger partial charge in [-0.25, -0.2) is 8.78 Å². The van der Waals surface area contributed by atoms with Crippen molar-refractivity contribution >= 4 is 34.0 Å². The van der Waals surface area contributed by atoms with Crippen molar-refractivity contribution in [3.8, 4) is 0 Å². The molecule has 1 amide bonds. The molecule has 1 atom stereocenters. The first kappa shape index (κ1) is 19.6. The molecule has 1 unspecified atom stereocenters. The molecule has 4 aromatic rings. The summed E-state index contributed by atoms with van der Waals surface area (Å²) in [6.07, 6.45) is 2.99. The molecule has 6 nitrogen and oxygen atoms in total. The Morgan fingerprint density at radius 2 is 1.81 bits per heavy atom. The molecule has 1 aliphatic heterocycles. The molecule has 1 aliphatic rings. The lowest BCUT2D eigenvalue weighted by Crippen LogP contribution is -2.30. The molecule has 0 radical (unpaired) electrons. The molecule has 2 aromatic carbocycles. The van der Waals surface area contributed by atoms with Gasteiger partial charge < -0.3 is 10.1 Å². The van der Waals surface area contributed by atoms with Gasteiger partial charge in [0, 0.05) is 34.9 Å². The molecule has 8 heteroatoms. The summed E-state index contributed by atoms with van der Waals surface area (Å²) in [6, 6.07) is 13.5. The van der Waals surface area contributed by atoms with E-state index in [1.54, 1.807) is 36.4 Å². The minimum Gasteiger partial charge on any atom is -0.507 e. The first-order valence-corrected chi connectivity index (χ1v) is 9.71. The third kappa shape index (κ3) is 2.96. The summed E-state index contributed by atoms with van der Waals surface area (Å²) in [4.78, 5) is 34.2. The number of carbonyl (C=O) groups is 2. The smallest absolute Gasteiger partial charge is 0.300 e. The van der Waals surface area contributed by atoms with Crippen LogP contribution in [0.4, 0.5) is 14.5 Å². The van der Waals surface area contributed by atoms with Crippen molar-refractivity contribution in [2.75, 3.05) is 4.90 Å². The van der Waals surface area contributed by atoms with Crippen molar-refractivity contribution in [3.05, 3.63) is 102 Å². The Morgan fingerprint density at radius 1 is 1.03 bits per heavy atom. The SMILES string of the molecule is O=C1C(=O)N(c2ccc(F)cc2F)C(c2ccccn2)/C1=C(/O)c1c[nH]c2ccccc12. The molecule has 0 aliphatic carbocycles. The summed E-state index contributed by atoms with van der Waals surface area (Å²) in [7, 11) is 0. The Hall–Kier alpha value is -4.33. The highest BCUT2D eigenvalue weighted by atomic mass is 19.1. The van der Waals surface area contributed by atoms with Crippen molar-refractivity contribution in [1.29, 1.82) is 0 Å². The Kier molecular flexibility index (Phi) is 4.55. The van der Waals surface area contributed by atoms with Crippen LogP contribution in [0.3, 0.4) is 0 Å². The molecule has 1 saturated heterocycles. The molecule has 0 spiro atoms. The van der Waals surface area contributed by atoms with Crippen molar-refractivity contribution in [1.82, 2.24) is 9.97 Å². The minimum absolute atomic E-state index is 0.234. The number of rotatable bonds is 3. The van der Waals surface area contributed by atoms with Crippen LogP contribution in [0.1, 0.15) is 17.3 Å². The topological polar surface area (TPSA) is 86.3 Å². The van der Waals surface area contributed by atoms with E-state index in [4.69, 9.17) is 0 Å². The van der Waals surface area contributed by atoms with Gasteiger partial charge in [-0.1, -0.05) is 24.3 Å². The fourth-order valence-corrected chi connectivity index (χ4v) is 3.99. The third-order valence-electron chi connectivity index (χ3n) is 5.43. The summed E-state index contributed by atoms with van der Waals surface area (Å²) in [5.74, 6) is -4.29. The number of fused-ring (bicyclic) bond motifs is 1. The maximum atomic E-state index is 14.7. The van der Waals surface area contributed by atoms with Gasteiger partial charge in [-0.15, -0.1) is 0 Å². The van der Waals surface area contributed by atoms with Crippen LogP contribution in [0.15, 0.2) is 78.6 Å². The molecule has 0 saturated carbocycles. The highest BCUT2D eigenvalue weighted by molar-refractivity contribution is 6.51. The Bertz CT molecular complexity index is 1410. The van der Waals surface area contributed by atoms with Crippen molar-refractivity contribution < 1.29 is 23.5 Å². The Labute approximate surface area is 180 Å². The van der Waals surface area contributed by atoms with Crippen LogP contribution in [0.25, 0.3) is 16.7 Å². The fraction of sp³-hybridized carbons (Fsp3) is 0.0417. The van der Waals surface area contributed by atoms with E-state index in [0.717, 1.165) is 22.5 Å². The number of H-pyrrole nitrogens is 1. The Morgan fingerprint density at radius 3 is 2.56 bits per heavy atom. The molecule has 3 heterocycles. The normalized spacial score (nSPS) is 17.9. The number of aromatic amines is 1. The number of benzene rings is 2. The molecule has 0 bridgehead atoms. The van der Waals surface area contributed by atoms with Gasteiger partial charge in [0.2, 0.25) is 0 Å². The number of aromatic nitrogens is 2. The van der Waals surface area contributed by atoms with Crippen LogP contribution in [0, 0.1) is 11.6 Å². The zero-order valence-electron chi connectivity index (χ0n) is 16.4. The van der Waals surface area contributed by atoms with Gasteiger partial charge in [0.25, 0.3) is 11.7 Å². The summed E-state index contributed by atoms with van der Waals surface area (Å²) in [5, 5.41) is 11.8. The van der Waals surface area contributed by atoms with Gasteiger partial charge in [-0.2, -0.15) is 0 Å². The van der Waals surface area contributed by atoms with Gasteiger partial charge in [0.1, 0.15) is 23.4 Å². The van der Waals surface area contributed by atoms with Gasteiger partial charge in [0.15, 0.2) is 0 Å². The first-order chi connectivity index (χ1) is 15.5. The van der Waals surface area contributed by atoms with Gasteiger partial charge in [0.05, 0.1) is 17.0 Å². The van der Waals surface area contributed by atoms with Gasteiger partial charge in [-0.3, -0.25) is 19.5 Å². The van der Waals surface area contributed by atoms with Crippen LogP contribution < -0.4 is 4.90 Å². The Balaban J connectivity index is 1.77. The lowest BCUT2D eigenvalue weighted by molar-refractivity contribution is -0.132. The zero-order chi connectivity index (χ0) is 22.4. The largest absolute Gasteiger partial charge is 0.507 e. The van der Waals surface area contributed by atoms with E-state index in [2.05, 4.69) is 9.97 Å². The van der Waals surface area contributed by atoms with E-state index in [-0.39, 0.29) is 17.0 Å². The number of pyridine rings is 1. The van der Waals surface area contributed by atoms with Crippen LogP contribution in [-0.2, 0) is 9.59 Å². The van der Waals surface area contributed by atoms with E-state index in [1.165, 1.54) is 12.4 Å². The van der Waals surface area contributed by atoms with Crippen LogP contribution in [0.5, 0.6) is 0 Å². The number of aliphatic hydroxyl groups is 1. The highest BCUT2D eigenvalue weighted by Gasteiger charge is 2.48. The predicted octanol–water partition coefficient (Wildman–Crippen LogP) is 4.47. The zero-order valence-corrected chi connectivity index (χ0v) is 16.4. The van der Waals surface area contributed by atoms with Gasteiger partial charge in [-0.05, 0) is 30.3 Å². The molecular weight excluding hydrogens is 416 g/mol. The van der Waals surface area contributed by atoms with Crippen molar-refractivity contribution in [2.24, 2.45) is 0 Å². The minimum atomic E-state index is -1.20. The van der Waals surface area contributed by atoms with Gasteiger partial charge >= 0.3 is 0 Å². The van der Waals surface area contributed by atoms with Crippen LogP contribution in [-0.4, -0.2) is 26.8 Å². The molecule has 5 rings (SSSR count). The number of Topliss-reactive ketones (excluding diaryl/α,β-unsaturated/α-hetero) is 1. The van der Waals surface area contributed by atoms with E-state index < -0.39 is 35.1 Å². The second-order valence-electron chi connectivity index (χ2n) is 7.27. The highest BCUT2D eigenvalue weighted by Crippen LogP contribution is 2.43. The summed E-state index contributed by atoms with van der Waals surface area (Å²) < 4.78 is 28.1. The second kappa shape index (κ2) is 7.42. The number of carbonyl (C=O) groups excluding carboxylic acids is 2. The molecule has 2 aromatic heterocycles. The van der Waals surface area contributed by atoms with Crippen LogP contribution >= 0.6 is 0 Å². The number of hydrogen-bond acceptors (Lipinski definition) is 4. The molecule has 2 N–H and O–H groups in total. The third-order valence-corrected chi connectivity index (χ3v) is 5.43. The average molecular weight is 431 g/mol. The lowest BCUT2D eigenvalue weighted by Gasteiger charge is -2.24. The van der Waals surface area contributed by atoms with Crippen molar-refractivity contribution in [3.63, 3.8) is 0 Å². The van der Waals surface area contributed by atoms with Crippen LogP contribution in [0.2, 0.25) is 0 Å².